The molecule has 0 aromatic heterocycles. The molecule has 2 aromatic carbocycles. The van der Waals surface area contributed by atoms with Crippen molar-refractivity contribution in [2.75, 3.05) is 19.0 Å². The summed E-state index contributed by atoms with van der Waals surface area (Å²) in [4.78, 5) is 47.3. The highest BCUT2D eigenvalue weighted by Crippen LogP contribution is 2.12. The lowest BCUT2D eigenvalue weighted by atomic mass is 10.0. The first-order valence-corrected chi connectivity index (χ1v) is 9.69. The zero-order valence-electron chi connectivity index (χ0n) is 17.1. The molecule has 0 unspecified atom stereocenters. The van der Waals surface area contributed by atoms with E-state index in [9.17, 15) is 19.2 Å². The van der Waals surface area contributed by atoms with Crippen molar-refractivity contribution in [3.63, 3.8) is 0 Å². The van der Waals surface area contributed by atoms with Gasteiger partial charge in [-0.25, -0.2) is 4.79 Å². The van der Waals surface area contributed by atoms with Crippen LogP contribution in [0.25, 0.3) is 0 Å². The Morgan fingerprint density at radius 1 is 0.867 bits per heavy atom. The second-order valence-electron chi connectivity index (χ2n) is 6.65. The highest BCUT2D eigenvalue weighted by molar-refractivity contribution is 5.98. The average molecular weight is 411 g/mol. The Bertz CT molecular complexity index is 887. The number of nitrogens with one attached hydrogen (secondary N) is 1. The molecule has 2 aromatic rings. The quantitative estimate of drug-likeness (QED) is 0.474. The lowest BCUT2D eigenvalue weighted by molar-refractivity contribution is -0.147. The molecule has 0 heterocycles. The molecule has 2 rings (SSSR count). The third-order valence-electron chi connectivity index (χ3n) is 4.32. The second-order valence-corrected chi connectivity index (χ2v) is 6.65. The first-order chi connectivity index (χ1) is 14.4. The summed E-state index contributed by atoms with van der Waals surface area (Å²) in [7, 11) is 1.28. The number of carbonyl (C=O) groups is 4. The van der Waals surface area contributed by atoms with Crippen LogP contribution in [0.4, 0.5) is 5.69 Å². The number of hydrogen-bond acceptors (Lipinski definition) is 6. The number of carbonyl (C=O) groups excluding carboxylic acids is 4. The maximum Gasteiger partial charge on any atom is 0.337 e. The average Bonchev–Trinajstić information content (AvgIpc) is 2.76. The number of hydrogen-bond donors (Lipinski definition) is 1. The Labute approximate surface area is 175 Å². The second kappa shape index (κ2) is 11.5. The molecule has 0 aliphatic heterocycles. The van der Waals surface area contributed by atoms with Crippen molar-refractivity contribution >= 4 is 29.3 Å². The predicted molar refractivity (Wildman–Crippen MR) is 111 cm³/mol. The molecule has 7 heteroatoms. The van der Waals surface area contributed by atoms with Gasteiger partial charge in [0.2, 0.25) is 0 Å². The van der Waals surface area contributed by atoms with Crippen molar-refractivity contribution in [2.45, 2.75) is 32.6 Å². The molecule has 0 atom stereocenters. The summed E-state index contributed by atoms with van der Waals surface area (Å²) in [6.07, 6.45) is 1.91. The lowest BCUT2D eigenvalue weighted by Crippen LogP contribution is -2.21. The Kier molecular flexibility index (Phi) is 8.75. The fourth-order valence-corrected chi connectivity index (χ4v) is 2.73. The van der Waals surface area contributed by atoms with Gasteiger partial charge in [0.25, 0.3) is 5.91 Å². The van der Waals surface area contributed by atoms with E-state index in [1.165, 1.54) is 36.9 Å². The number of amides is 1. The summed E-state index contributed by atoms with van der Waals surface area (Å²) in [5.41, 5.74) is 2.52. The number of ether oxygens (including phenoxy) is 2. The number of esters is 2. The summed E-state index contributed by atoms with van der Waals surface area (Å²) in [6, 6.07) is 13.4. The SMILES string of the molecule is CCCc1ccc(C(=O)CCC(=O)OCC(=O)Nc2ccc(C(=O)OC)cc2)cc1. The number of Topliss-reactive ketones (excluding diaryl/α,β-unsaturated/α-hetero) is 1. The zero-order chi connectivity index (χ0) is 21.9. The van der Waals surface area contributed by atoms with Crippen LogP contribution in [0.15, 0.2) is 48.5 Å². The van der Waals surface area contributed by atoms with Crippen molar-refractivity contribution in [1.82, 2.24) is 0 Å². The van der Waals surface area contributed by atoms with Gasteiger partial charge >= 0.3 is 11.9 Å². The van der Waals surface area contributed by atoms with E-state index >= 15 is 0 Å². The molecular formula is C23H25NO6. The van der Waals surface area contributed by atoms with Gasteiger partial charge in [-0.15, -0.1) is 0 Å². The number of benzene rings is 2. The van der Waals surface area contributed by atoms with E-state index in [0.29, 0.717) is 16.8 Å². The van der Waals surface area contributed by atoms with Gasteiger partial charge < -0.3 is 14.8 Å². The summed E-state index contributed by atoms with van der Waals surface area (Å²) in [5.74, 6) is -1.77. The van der Waals surface area contributed by atoms with Crippen LogP contribution in [0.3, 0.4) is 0 Å². The molecule has 0 bridgehead atoms. The molecule has 0 aliphatic rings. The predicted octanol–water partition coefficient (Wildman–Crippen LogP) is 3.57. The third kappa shape index (κ3) is 7.16. The highest BCUT2D eigenvalue weighted by atomic mass is 16.5. The first kappa shape index (κ1) is 22.8. The van der Waals surface area contributed by atoms with Crippen LogP contribution in [0.5, 0.6) is 0 Å². The van der Waals surface area contributed by atoms with E-state index in [1.54, 1.807) is 12.1 Å². The van der Waals surface area contributed by atoms with Crippen LogP contribution in [0, 0.1) is 0 Å². The number of aryl methyl sites for hydroxylation is 1. The molecule has 0 saturated heterocycles. The minimum absolute atomic E-state index is 0.0164. The molecular weight excluding hydrogens is 386 g/mol. The molecule has 0 saturated carbocycles. The molecule has 7 nitrogen and oxygen atoms in total. The van der Waals surface area contributed by atoms with Gasteiger partial charge in [0, 0.05) is 17.7 Å². The summed E-state index contributed by atoms with van der Waals surface area (Å²) in [5, 5.41) is 2.55. The number of anilines is 1. The van der Waals surface area contributed by atoms with E-state index in [2.05, 4.69) is 17.0 Å². The molecule has 1 N–H and O–H groups in total. The van der Waals surface area contributed by atoms with Crippen LogP contribution < -0.4 is 5.32 Å². The summed E-state index contributed by atoms with van der Waals surface area (Å²) < 4.78 is 9.51. The Hall–Kier alpha value is -3.48. The van der Waals surface area contributed by atoms with Crippen LogP contribution >= 0.6 is 0 Å². The Morgan fingerprint density at radius 2 is 1.50 bits per heavy atom. The molecule has 0 fully saturated rings. The van der Waals surface area contributed by atoms with Gasteiger partial charge in [-0.05, 0) is 36.2 Å². The Morgan fingerprint density at radius 3 is 2.10 bits per heavy atom. The summed E-state index contributed by atoms with van der Waals surface area (Å²) >= 11 is 0. The maximum absolute atomic E-state index is 12.2. The largest absolute Gasteiger partial charge is 0.465 e. The van der Waals surface area contributed by atoms with Crippen molar-refractivity contribution < 1.29 is 28.7 Å². The van der Waals surface area contributed by atoms with E-state index in [-0.39, 0.29) is 18.6 Å². The highest BCUT2D eigenvalue weighted by Gasteiger charge is 2.12. The van der Waals surface area contributed by atoms with Gasteiger partial charge in [-0.1, -0.05) is 37.6 Å². The number of ketones is 1. The molecule has 30 heavy (non-hydrogen) atoms. The van der Waals surface area contributed by atoms with Crippen LogP contribution in [0.2, 0.25) is 0 Å². The van der Waals surface area contributed by atoms with E-state index in [1.807, 2.05) is 12.1 Å². The first-order valence-electron chi connectivity index (χ1n) is 9.69. The molecule has 0 aliphatic carbocycles. The zero-order valence-corrected chi connectivity index (χ0v) is 17.1. The van der Waals surface area contributed by atoms with Gasteiger partial charge in [-0.3, -0.25) is 14.4 Å². The molecule has 158 valence electrons. The van der Waals surface area contributed by atoms with Crippen LogP contribution in [0.1, 0.15) is 52.5 Å². The summed E-state index contributed by atoms with van der Waals surface area (Å²) in [6.45, 7) is 1.63. The van der Waals surface area contributed by atoms with Crippen LogP contribution in [-0.2, 0) is 25.5 Å². The normalized spacial score (nSPS) is 10.2. The van der Waals surface area contributed by atoms with Gasteiger partial charge in [-0.2, -0.15) is 0 Å². The minimum Gasteiger partial charge on any atom is -0.465 e. The van der Waals surface area contributed by atoms with E-state index in [4.69, 9.17) is 4.74 Å². The third-order valence-corrected chi connectivity index (χ3v) is 4.32. The standard InChI is InChI=1S/C23H25NO6/c1-3-4-16-5-7-17(8-6-16)20(25)13-14-22(27)30-15-21(26)24-19-11-9-18(10-12-19)23(28)29-2/h5-12H,3-4,13-15H2,1-2H3,(H,24,26). The Balaban J connectivity index is 1.72. The number of rotatable bonds is 10. The number of methoxy groups -OCH3 is 1. The lowest BCUT2D eigenvalue weighted by Gasteiger charge is -2.07. The molecule has 0 spiro atoms. The van der Waals surface area contributed by atoms with E-state index < -0.39 is 24.5 Å². The fourth-order valence-electron chi connectivity index (χ4n) is 2.73. The van der Waals surface area contributed by atoms with Crippen LogP contribution in [-0.4, -0.2) is 37.3 Å². The van der Waals surface area contributed by atoms with Gasteiger partial charge in [0.15, 0.2) is 12.4 Å². The van der Waals surface area contributed by atoms with Gasteiger partial charge in [0.05, 0.1) is 19.1 Å². The van der Waals surface area contributed by atoms with Crippen molar-refractivity contribution in [3.05, 3.63) is 65.2 Å². The minimum atomic E-state index is -0.623. The molecule has 1 amide bonds. The maximum atomic E-state index is 12.2. The monoisotopic (exact) mass is 411 g/mol. The van der Waals surface area contributed by atoms with Crippen molar-refractivity contribution in [3.8, 4) is 0 Å². The fraction of sp³-hybridized carbons (Fsp3) is 0.304. The molecule has 0 radical (unpaired) electrons. The van der Waals surface area contributed by atoms with Crippen molar-refractivity contribution in [1.29, 1.82) is 0 Å². The topological polar surface area (TPSA) is 98.8 Å². The van der Waals surface area contributed by atoms with E-state index in [0.717, 1.165) is 12.8 Å². The smallest absolute Gasteiger partial charge is 0.337 e. The van der Waals surface area contributed by atoms with Crippen molar-refractivity contribution in [2.24, 2.45) is 0 Å². The van der Waals surface area contributed by atoms with Gasteiger partial charge in [0.1, 0.15) is 0 Å².